The number of hydrogen-bond donors (Lipinski definition) is 3. The third-order valence-corrected chi connectivity index (χ3v) is 8.72. The molecule has 0 radical (unpaired) electrons. The maximum absolute atomic E-state index is 14.4. The van der Waals surface area contributed by atoms with Gasteiger partial charge >= 0.3 is 6.03 Å². The first-order valence-electron chi connectivity index (χ1n) is 16.7. The normalized spacial score (nSPS) is 20.8. The second-order valence-corrected chi connectivity index (χ2v) is 12.8. The lowest BCUT2D eigenvalue weighted by molar-refractivity contribution is -0.0177. The van der Waals surface area contributed by atoms with E-state index in [4.69, 9.17) is 18.9 Å². The van der Waals surface area contributed by atoms with Gasteiger partial charge in [-0.3, -0.25) is 9.69 Å². The van der Waals surface area contributed by atoms with Gasteiger partial charge in [0.05, 0.1) is 30.4 Å². The highest BCUT2D eigenvalue weighted by atomic mass is 16.7. The molecule has 3 amide bonds. The molecule has 0 fully saturated rings. The second-order valence-electron chi connectivity index (χ2n) is 12.8. The monoisotopic (exact) mass is 660 g/mol. The molecule has 2 aliphatic heterocycles. The summed E-state index contributed by atoms with van der Waals surface area (Å²) in [6.07, 6.45) is 2.26. The summed E-state index contributed by atoms with van der Waals surface area (Å²) in [5, 5.41) is 15.9. The van der Waals surface area contributed by atoms with Crippen LogP contribution in [-0.4, -0.2) is 85.2 Å². The number of aliphatic hydroxyl groups excluding tert-OH is 1. The molecule has 258 valence electrons. The van der Waals surface area contributed by atoms with E-state index in [0.29, 0.717) is 48.9 Å². The zero-order valence-corrected chi connectivity index (χ0v) is 28.3. The molecule has 0 aromatic heterocycles. The van der Waals surface area contributed by atoms with Crippen LogP contribution < -0.4 is 24.8 Å². The minimum absolute atomic E-state index is 0.0636. The van der Waals surface area contributed by atoms with Gasteiger partial charge in [0.15, 0.2) is 11.5 Å². The topological polar surface area (TPSA) is 122 Å². The van der Waals surface area contributed by atoms with Crippen molar-refractivity contribution in [2.45, 2.75) is 64.8 Å². The number of fused-ring (bicyclic) bond motifs is 2. The summed E-state index contributed by atoms with van der Waals surface area (Å²) in [6.45, 7) is 8.21. The van der Waals surface area contributed by atoms with E-state index in [1.54, 1.807) is 35.2 Å². The molecule has 2 aliphatic rings. The SMILES string of the molecule is C[C@H]1CCCCO[C@@H](CN(C)Cc2ccc3c(c2)OCO3)[C@@H](C)CN([C@@H](C)CO)C(=O)c2cc(NC(=O)Nc3ccccc3)ccc2O1. The van der Waals surface area contributed by atoms with Crippen molar-refractivity contribution in [2.75, 3.05) is 50.8 Å². The number of ether oxygens (including phenoxy) is 4. The van der Waals surface area contributed by atoms with Crippen molar-refractivity contribution in [1.82, 2.24) is 9.80 Å². The predicted octanol–water partition coefficient (Wildman–Crippen LogP) is 5.99. The number of nitrogens with zero attached hydrogens (tertiary/aromatic N) is 2. The highest BCUT2D eigenvalue weighted by Gasteiger charge is 2.30. The number of anilines is 2. The van der Waals surface area contributed by atoms with E-state index in [2.05, 4.69) is 29.5 Å². The Balaban J connectivity index is 1.36. The summed E-state index contributed by atoms with van der Waals surface area (Å²) >= 11 is 0. The van der Waals surface area contributed by atoms with E-state index in [0.717, 1.165) is 36.3 Å². The van der Waals surface area contributed by atoms with Crippen LogP contribution in [0.2, 0.25) is 0 Å². The van der Waals surface area contributed by atoms with E-state index in [1.807, 2.05) is 50.2 Å². The fraction of sp³-hybridized carbons (Fsp3) is 0.459. The van der Waals surface area contributed by atoms with E-state index in [9.17, 15) is 14.7 Å². The molecular formula is C37H48N4O7. The number of likely N-dealkylation sites (N-methyl/N-ethyl adjacent to an activating group) is 1. The van der Waals surface area contributed by atoms with Crippen LogP contribution in [0, 0.1) is 5.92 Å². The Labute approximate surface area is 283 Å². The number of nitrogens with one attached hydrogen (secondary N) is 2. The van der Waals surface area contributed by atoms with Crippen molar-refractivity contribution in [3.05, 3.63) is 77.9 Å². The molecule has 0 unspecified atom stereocenters. The van der Waals surface area contributed by atoms with Gasteiger partial charge < -0.3 is 39.6 Å². The van der Waals surface area contributed by atoms with Gasteiger partial charge in [-0.15, -0.1) is 0 Å². The van der Waals surface area contributed by atoms with Crippen LogP contribution in [0.15, 0.2) is 66.7 Å². The molecular weight excluding hydrogens is 612 g/mol. The van der Waals surface area contributed by atoms with E-state index >= 15 is 0 Å². The molecule has 4 atom stereocenters. The molecule has 0 saturated heterocycles. The molecule has 2 heterocycles. The smallest absolute Gasteiger partial charge is 0.323 e. The molecule has 5 rings (SSSR count). The third-order valence-electron chi connectivity index (χ3n) is 8.72. The minimum atomic E-state index is -0.469. The molecule has 0 bridgehead atoms. The quantitative estimate of drug-likeness (QED) is 0.270. The van der Waals surface area contributed by atoms with Crippen LogP contribution in [0.5, 0.6) is 17.2 Å². The van der Waals surface area contributed by atoms with Crippen LogP contribution in [0.1, 0.15) is 56.0 Å². The Morgan fingerprint density at radius 3 is 2.52 bits per heavy atom. The Bertz CT molecular complexity index is 1520. The van der Waals surface area contributed by atoms with Crippen molar-refractivity contribution >= 4 is 23.3 Å². The van der Waals surface area contributed by atoms with E-state index in [-0.39, 0.29) is 37.4 Å². The first-order chi connectivity index (χ1) is 23.2. The van der Waals surface area contributed by atoms with Gasteiger partial charge in [-0.25, -0.2) is 4.79 Å². The lowest BCUT2D eigenvalue weighted by atomic mass is 10.0. The standard InChI is InChI=1S/C37H48N4O7/c1-25-20-41(26(2)23-42)36(43)31-19-30(39-37(44)38-29-11-6-5-7-12-29)14-16-32(31)48-27(3)10-8-9-17-45-35(25)22-40(4)21-28-13-15-33-34(18-28)47-24-46-33/h5-7,11-16,18-19,25-27,35,42H,8-10,17,20-24H2,1-4H3,(H2,38,39,44)/t25-,26-,27-,35-/m0/s1. The van der Waals surface area contributed by atoms with Crippen molar-refractivity contribution in [3.8, 4) is 17.2 Å². The van der Waals surface area contributed by atoms with E-state index < -0.39 is 12.1 Å². The number of benzene rings is 3. The van der Waals surface area contributed by atoms with Crippen LogP contribution in [0.4, 0.5) is 16.2 Å². The molecule has 48 heavy (non-hydrogen) atoms. The van der Waals surface area contributed by atoms with E-state index in [1.165, 1.54) is 0 Å². The number of carbonyl (C=O) groups excluding carboxylic acids is 2. The molecule has 11 heteroatoms. The second kappa shape index (κ2) is 16.7. The van der Waals surface area contributed by atoms with Gasteiger partial charge in [-0.2, -0.15) is 0 Å². The van der Waals surface area contributed by atoms with Crippen LogP contribution in [-0.2, 0) is 11.3 Å². The van der Waals surface area contributed by atoms with Crippen LogP contribution >= 0.6 is 0 Å². The average Bonchev–Trinajstić information content (AvgIpc) is 3.54. The summed E-state index contributed by atoms with van der Waals surface area (Å²) in [5.41, 5.74) is 2.52. The predicted molar refractivity (Wildman–Crippen MR) is 185 cm³/mol. The van der Waals surface area contributed by atoms with Gasteiger partial charge in [0.2, 0.25) is 6.79 Å². The molecule has 3 N–H and O–H groups in total. The first kappa shape index (κ1) is 35.0. The summed E-state index contributed by atoms with van der Waals surface area (Å²) in [7, 11) is 2.06. The van der Waals surface area contributed by atoms with Gasteiger partial charge in [0.1, 0.15) is 5.75 Å². The summed E-state index contributed by atoms with van der Waals surface area (Å²) in [4.78, 5) is 31.1. The maximum Gasteiger partial charge on any atom is 0.323 e. The lowest BCUT2D eigenvalue weighted by Crippen LogP contribution is -2.47. The molecule has 0 aliphatic carbocycles. The Morgan fingerprint density at radius 1 is 0.979 bits per heavy atom. The fourth-order valence-electron chi connectivity index (χ4n) is 6.00. The first-order valence-corrected chi connectivity index (χ1v) is 16.7. The number of urea groups is 1. The molecule has 0 spiro atoms. The highest BCUT2D eigenvalue weighted by molar-refractivity contribution is 6.02. The third kappa shape index (κ3) is 9.40. The number of rotatable bonds is 8. The zero-order chi connectivity index (χ0) is 34.0. The molecule has 0 saturated carbocycles. The van der Waals surface area contributed by atoms with Crippen molar-refractivity contribution < 1.29 is 33.6 Å². The number of para-hydroxylation sites is 1. The minimum Gasteiger partial charge on any atom is -0.490 e. The van der Waals surface area contributed by atoms with Crippen molar-refractivity contribution in [2.24, 2.45) is 5.92 Å². The number of amides is 3. The van der Waals surface area contributed by atoms with Crippen LogP contribution in [0.3, 0.4) is 0 Å². The Hall–Kier alpha value is -4.32. The fourth-order valence-corrected chi connectivity index (χ4v) is 6.00. The molecule has 11 nitrogen and oxygen atoms in total. The number of hydrogen-bond acceptors (Lipinski definition) is 8. The molecule has 3 aromatic carbocycles. The Kier molecular flexibility index (Phi) is 12.2. The number of carbonyl (C=O) groups is 2. The summed E-state index contributed by atoms with van der Waals surface area (Å²) in [5.74, 6) is 1.60. The van der Waals surface area contributed by atoms with Crippen LogP contribution in [0.25, 0.3) is 0 Å². The highest BCUT2D eigenvalue weighted by Crippen LogP contribution is 2.33. The lowest BCUT2D eigenvalue weighted by Gasteiger charge is -2.36. The maximum atomic E-state index is 14.4. The van der Waals surface area contributed by atoms with Crippen molar-refractivity contribution in [1.29, 1.82) is 0 Å². The van der Waals surface area contributed by atoms with Gasteiger partial charge in [-0.1, -0.05) is 31.2 Å². The average molecular weight is 661 g/mol. The zero-order valence-electron chi connectivity index (χ0n) is 28.3. The van der Waals surface area contributed by atoms with Gasteiger partial charge in [0, 0.05) is 43.5 Å². The summed E-state index contributed by atoms with van der Waals surface area (Å²) in [6, 6.07) is 19.3. The molecule has 3 aromatic rings. The summed E-state index contributed by atoms with van der Waals surface area (Å²) < 4.78 is 23.9. The van der Waals surface area contributed by atoms with Crippen molar-refractivity contribution in [3.63, 3.8) is 0 Å². The van der Waals surface area contributed by atoms with Gasteiger partial charge in [-0.05, 0) is 88.2 Å². The van der Waals surface area contributed by atoms with Gasteiger partial charge in [0.25, 0.3) is 5.91 Å². The largest absolute Gasteiger partial charge is 0.490 e. The Morgan fingerprint density at radius 2 is 1.73 bits per heavy atom. The number of aliphatic hydroxyl groups is 1.